The molecule has 4 nitrogen and oxygen atoms in total. The van der Waals surface area contributed by atoms with Crippen LogP contribution in [0.25, 0.3) is 0 Å². The molecule has 0 heterocycles. The Bertz CT molecular complexity index is 349. The molecule has 1 aromatic rings. The summed E-state index contributed by atoms with van der Waals surface area (Å²) in [6.45, 7) is 8.41. The first-order valence-corrected chi connectivity index (χ1v) is 6.05. The number of guanidine groups is 1. The van der Waals surface area contributed by atoms with E-state index in [-0.39, 0.29) is 12.4 Å². The highest BCUT2D eigenvalue weighted by atomic mass is 35.5. The molecule has 4 N–H and O–H groups in total. The Hall–Kier alpha value is -1.42. The van der Waals surface area contributed by atoms with Crippen molar-refractivity contribution in [2.75, 3.05) is 5.43 Å². The third-order valence-corrected chi connectivity index (χ3v) is 1.97. The summed E-state index contributed by atoms with van der Waals surface area (Å²) in [7, 11) is 0. The fraction of sp³-hybridized carbons (Fsp3) is 0.462. The Morgan fingerprint density at radius 2 is 1.67 bits per heavy atom. The van der Waals surface area contributed by atoms with Crippen LogP contribution >= 0.6 is 0 Å². The molecule has 0 amide bonds. The molecule has 0 aliphatic rings. The van der Waals surface area contributed by atoms with Crippen LogP contribution < -0.4 is 33.6 Å². The summed E-state index contributed by atoms with van der Waals surface area (Å²) < 4.78 is 0. The lowest BCUT2D eigenvalue weighted by atomic mass is 10.3. The van der Waals surface area contributed by atoms with Crippen molar-refractivity contribution >= 4 is 11.6 Å². The van der Waals surface area contributed by atoms with Crippen molar-refractivity contribution in [2.45, 2.75) is 39.8 Å². The number of benzene rings is 1. The number of halogens is 1. The third kappa shape index (κ3) is 7.01. The summed E-state index contributed by atoms with van der Waals surface area (Å²) in [5.41, 5.74) is 7.32. The third-order valence-electron chi connectivity index (χ3n) is 1.97. The fourth-order valence-corrected chi connectivity index (χ4v) is 1.35. The topological polar surface area (TPSA) is 50.1 Å². The molecular formula is C13H23ClN4. The molecule has 0 radical (unpaired) electrons. The van der Waals surface area contributed by atoms with Gasteiger partial charge in [0, 0.05) is 0 Å². The van der Waals surface area contributed by atoms with Crippen LogP contribution in [0.1, 0.15) is 27.7 Å². The zero-order valence-corrected chi connectivity index (χ0v) is 12.2. The van der Waals surface area contributed by atoms with Gasteiger partial charge in [0.1, 0.15) is 0 Å². The van der Waals surface area contributed by atoms with E-state index >= 15 is 0 Å². The van der Waals surface area contributed by atoms with Crippen LogP contribution in [0.2, 0.25) is 0 Å². The molecule has 0 aromatic heterocycles. The molecule has 0 saturated carbocycles. The Morgan fingerprint density at radius 1 is 1.06 bits per heavy atom. The lowest BCUT2D eigenvalue weighted by Gasteiger charge is -2.10. The highest BCUT2D eigenvalue weighted by molar-refractivity contribution is 5.75. The first kappa shape index (κ1) is 16.6. The molecule has 0 atom stereocenters. The van der Waals surface area contributed by atoms with Gasteiger partial charge in [-0.05, 0) is 39.8 Å². The average Bonchev–Trinajstić information content (AvgIpc) is 2.26. The predicted octanol–water partition coefficient (Wildman–Crippen LogP) is -2.55. The van der Waals surface area contributed by atoms with Gasteiger partial charge in [-0.2, -0.15) is 5.43 Å². The van der Waals surface area contributed by atoms with Gasteiger partial charge in [0.2, 0.25) is 0 Å². The summed E-state index contributed by atoms with van der Waals surface area (Å²) in [6, 6.07) is 10.8. The minimum absolute atomic E-state index is 0. The SMILES string of the molecule is CC(C)NC(NNc1ccccc1)=[NH+]C(C)C.[Cl-]. The van der Waals surface area contributed by atoms with Crippen molar-refractivity contribution in [3.63, 3.8) is 0 Å². The van der Waals surface area contributed by atoms with E-state index in [1.54, 1.807) is 0 Å². The second-order valence-electron chi connectivity index (χ2n) is 4.59. The van der Waals surface area contributed by atoms with Crippen LogP contribution in [0.5, 0.6) is 0 Å². The number of anilines is 1. The molecule has 18 heavy (non-hydrogen) atoms. The van der Waals surface area contributed by atoms with Gasteiger partial charge in [0.15, 0.2) is 0 Å². The second-order valence-corrected chi connectivity index (χ2v) is 4.59. The Morgan fingerprint density at radius 3 is 2.17 bits per heavy atom. The van der Waals surface area contributed by atoms with E-state index in [9.17, 15) is 0 Å². The maximum atomic E-state index is 3.31. The number of hydrogen-bond acceptors (Lipinski definition) is 1. The lowest BCUT2D eigenvalue weighted by Crippen LogP contribution is -3.00. The summed E-state index contributed by atoms with van der Waals surface area (Å²) >= 11 is 0. The molecule has 0 bridgehead atoms. The van der Waals surface area contributed by atoms with E-state index in [0.717, 1.165) is 11.6 Å². The number of hydrazine groups is 1. The largest absolute Gasteiger partial charge is 1.00 e. The normalized spacial score (nSPS) is 11.1. The van der Waals surface area contributed by atoms with Crippen LogP contribution in [0.15, 0.2) is 30.3 Å². The number of nitrogens with one attached hydrogen (secondary N) is 4. The number of hydrogen-bond donors (Lipinski definition) is 4. The highest BCUT2D eigenvalue weighted by Gasteiger charge is 2.08. The van der Waals surface area contributed by atoms with E-state index in [0.29, 0.717) is 12.1 Å². The summed E-state index contributed by atoms with van der Waals surface area (Å²) in [4.78, 5) is 3.31. The number of para-hydroxylation sites is 1. The first-order chi connectivity index (χ1) is 8.08. The van der Waals surface area contributed by atoms with Crippen molar-refractivity contribution in [1.82, 2.24) is 10.7 Å². The molecule has 0 unspecified atom stereocenters. The number of rotatable bonds is 4. The van der Waals surface area contributed by atoms with Gasteiger partial charge in [-0.1, -0.05) is 18.2 Å². The molecular weight excluding hydrogens is 248 g/mol. The van der Waals surface area contributed by atoms with Gasteiger partial charge >= 0.3 is 5.96 Å². The molecule has 0 saturated heterocycles. The van der Waals surface area contributed by atoms with Crippen LogP contribution in [0, 0.1) is 0 Å². The maximum Gasteiger partial charge on any atom is 0.365 e. The standard InChI is InChI=1S/C13H22N4.ClH/c1-10(2)14-13(15-11(3)4)17-16-12-8-6-5-7-9-12;/h5-11,16H,1-4H3,(H2,14,15,17);1H. The van der Waals surface area contributed by atoms with Gasteiger partial charge in [-0.15, -0.1) is 0 Å². The van der Waals surface area contributed by atoms with E-state index < -0.39 is 0 Å². The summed E-state index contributed by atoms with van der Waals surface area (Å²) in [5.74, 6) is 0.888. The minimum Gasteiger partial charge on any atom is -1.00 e. The van der Waals surface area contributed by atoms with Gasteiger partial charge in [0.05, 0.1) is 17.8 Å². The Labute approximate surface area is 116 Å². The molecule has 1 aromatic carbocycles. The second kappa shape index (κ2) is 8.64. The van der Waals surface area contributed by atoms with E-state index in [2.05, 4.69) is 48.9 Å². The molecule has 0 spiro atoms. The van der Waals surface area contributed by atoms with Gasteiger partial charge in [-0.25, -0.2) is 0 Å². The Kier molecular flexibility index (Phi) is 7.96. The minimum atomic E-state index is 0. The molecule has 5 heteroatoms. The molecule has 0 fully saturated rings. The molecule has 0 aliphatic carbocycles. The van der Waals surface area contributed by atoms with E-state index in [4.69, 9.17) is 0 Å². The van der Waals surface area contributed by atoms with Crippen molar-refractivity contribution in [3.05, 3.63) is 30.3 Å². The van der Waals surface area contributed by atoms with Crippen LogP contribution in [-0.4, -0.2) is 18.0 Å². The van der Waals surface area contributed by atoms with Crippen molar-refractivity contribution in [1.29, 1.82) is 0 Å². The van der Waals surface area contributed by atoms with Crippen LogP contribution in [-0.2, 0) is 0 Å². The zero-order chi connectivity index (χ0) is 12.7. The average molecular weight is 271 g/mol. The first-order valence-electron chi connectivity index (χ1n) is 6.05. The van der Waals surface area contributed by atoms with Crippen molar-refractivity contribution < 1.29 is 17.4 Å². The quantitative estimate of drug-likeness (QED) is 0.277. The Balaban J connectivity index is 0.00000289. The van der Waals surface area contributed by atoms with Crippen LogP contribution in [0.4, 0.5) is 5.69 Å². The fourth-order valence-electron chi connectivity index (χ4n) is 1.35. The predicted molar refractivity (Wildman–Crippen MR) is 72.6 cm³/mol. The van der Waals surface area contributed by atoms with Gasteiger partial charge in [0.25, 0.3) is 0 Å². The summed E-state index contributed by atoms with van der Waals surface area (Å²) in [5, 5.41) is 3.31. The summed E-state index contributed by atoms with van der Waals surface area (Å²) in [6.07, 6.45) is 0. The van der Waals surface area contributed by atoms with Crippen LogP contribution in [0.3, 0.4) is 0 Å². The van der Waals surface area contributed by atoms with E-state index in [1.165, 1.54) is 0 Å². The van der Waals surface area contributed by atoms with E-state index in [1.807, 2.05) is 30.3 Å². The monoisotopic (exact) mass is 270 g/mol. The van der Waals surface area contributed by atoms with Gasteiger partial charge in [-0.3, -0.25) is 15.7 Å². The van der Waals surface area contributed by atoms with Crippen molar-refractivity contribution in [2.24, 2.45) is 0 Å². The van der Waals surface area contributed by atoms with Crippen molar-refractivity contribution in [3.8, 4) is 0 Å². The molecule has 102 valence electrons. The highest BCUT2D eigenvalue weighted by Crippen LogP contribution is 2.01. The zero-order valence-electron chi connectivity index (χ0n) is 11.4. The smallest absolute Gasteiger partial charge is 0.365 e. The lowest BCUT2D eigenvalue weighted by molar-refractivity contribution is -0.497. The van der Waals surface area contributed by atoms with Gasteiger partial charge < -0.3 is 12.4 Å². The molecule has 0 aliphatic heterocycles. The maximum absolute atomic E-state index is 3.31. The molecule has 1 rings (SSSR count).